The van der Waals surface area contributed by atoms with E-state index in [2.05, 4.69) is 19.9 Å². The van der Waals surface area contributed by atoms with Gasteiger partial charge in [0.25, 0.3) is 0 Å². The maximum Gasteiger partial charge on any atom is 0.233 e. The highest BCUT2D eigenvalue weighted by Crippen LogP contribution is 2.23. The average Bonchev–Trinajstić information content (AvgIpc) is 2.99. The molecular weight excluding hydrogens is 318 g/mol. The highest BCUT2D eigenvalue weighted by Gasteiger charge is 2.22. The van der Waals surface area contributed by atoms with Crippen LogP contribution in [0.15, 0.2) is 28.3 Å². The molecule has 2 aromatic rings. The third kappa shape index (κ3) is 3.75. The zero-order valence-electron chi connectivity index (χ0n) is 12.3. The Balaban J connectivity index is 1.47. The lowest BCUT2D eigenvalue weighted by atomic mass is 10.3. The molecule has 6 nitrogen and oxygen atoms in total. The minimum atomic E-state index is 0.177. The van der Waals surface area contributed by atoms with E-state index >= 15 is 0 Å². The fourth-order valence-electron chi connectivity index (χ4n) is 2.25. The van der Waals surface area contributed by atoms with Gasteiger partial charge >= 0.3 is 0 Å². The van der Waals surface area contributed by atoms with Gasteiger partial charge in [0.1, 0.15) is 5.82 Å². The number of nitrogens with zero attached hydrogens (tertiary/aromatic N) is 5. The van der Waals surface area contributed by atoms with Gasteiger partial charge in [0, 0.05) is 49.6 Å². The topological polar surface area (TPSA) is 62.2 Å². The number of aryl methyl sites for hydroxylation is 1. The first kappa shape index (κ1) is 15.2. The average molecular weight is 335 g/mol. The van der Waals surface area contributed by atoms with Crippen LogP contribution in [0.1, 0.15) is 5.69 Å². The van der Waals surface area contributed by atoms with Gasteiger partial charge in [0.05, 0.1) is 11.9 Å². The first-order chi connectivity index (χ1) is 10.7. The van der Waals surface area contributed by atoms with Gasteiger partial charge in [0.15, 0.2) is 4.34 Å². The van der Waals surface area contributed by atoms with Gasteiger partial charge < -0.3 is 9.80 Å². The summed E-state index contributed by atoms with van der Waals surface area (Å²) in [4.78, 5) is 29.1. The highest BCUT2D eigenvalue weighted by atomic mass is 32.2. The predicted octanol–water partition coefficient (Wildman–Crippen LogP) is 1.68. The van der Waals surface area contributed by atoms with Crippen molar-refractivity contribution in [2.75, 3.05) is 36.8 Å². The second-order valence-electron chi connectivity index (χ2n) is 4.97. The molecule has 3 rings (SSSR count). The normalized spacial score (nSPS) is 15.1. The Bertz CT molecular complexity index is 625. The van der Waals surface area contributed by atoms with Gasteiger partial charge in [0.2, 0.25) is 5.91 Å². The fraction of sp³-hybridized carbons (Fsp3) is 0.429. The minimum absolute atomic E-state index is 0.177. The Labute approximate surface area is 137 Å². The van der Waals surface area contributed by atoms with Gasteiger partial charge in [-0.1, -0.05) is 11.8 Å². The van der Waals surface area contributed by atoms with Crippen molar-refractivity contribution in [1.82, 2.24) is 19.9 Å². The molecule has 1 aliphatic heterocycles. The molecular formula is C14H17N5OS2. The summed E-state index contributed by atoms with van der Waals surface area (Å²) in [5.41, 5.74) is 1.01. The lowest BCUT2D eigenvalue weighted by Crippen LogP contribution is -2.49. The van der Waals surface area contributed by atoms with E-state index in [0.717, 1.165) is 42.0 Å². The molecule has 0 bridgehead atoms. The van der Waals surface area contributed by atoms with E-state index in [1.165, 1.54) is 11.8 Å². The SMILES string of the molecule is Cc1csc(SCC(=O)N2CCN(c3cnccn3)CC2)n1. The van der Waals surface area contributed by atoms with Crippen molar-refractivity contribution in [2.24, 2.45) is 0 Å². The van der Waals surface area contributed by atoms with Crippen LogP contribution in [0.5, 0.6) is 0 Å². The Morgan fingerprint density at radius 2 is 2.14 bits per heavy atom. The van der Waals surface area contributed by atoms with E-state index in [4.69, 9.17) is 0 Å². The number of anilines is 1. The third-order valence-electron chi connectivity index (χ3n) is 3.42. The standard InChI is InChI=1S/C14H17N5OS2/c1-11-9-21-14(17-11)22-10-13(20)19-6-4-18(5-7-19)12-8-15-2-3-16-12/h2-3,8-9H,4-7,10H2,1H3. The summed E-state index contributed by atoms with van der Waals surface area (Å²) in [7, 11) is 0. The molecule has 0 radical (unpaired) electrons. The molecule has 1 amide bonds. The van der Waals surface area contributed by atoms with Crippen molar-refractivity contribution in [3.05, 3.63) is 29.7 Å². The van der Waals surface area contributed by atoms with Crippen molar-refractivity contribution in [1.29, 1.82) is 0 Å². The van der Waals surface area contributed by atoms with Gasteiger partial charge in [-0.2, -0.15) is 0 Å². The predicted molar refractivity (Wildman–Crippen MR) is 88.4 cm³/mol. The number of rotatable bonds is 4. The number of aromatic nitrogens is 3. The summed E-state index contributed by atoms with van der Waals surface area (Å²) in [5, 5.41) is 2.01. The number of thiazole rings is 1. The maximum atomic E-state index is 12.3. The van der Waals surface area contributed by atoms with Gasteiger partial charge in [-0.15, -0.1) is 11.3 Å². The molecule has 1 aliphatic rings. The zero-order valence-corrected chi connectivity index (χ0v) is 13.9. The van der Waals surface area contributed by atoms with Crippen LogP contribution < -0.4 is 4.90 Å². The van der Waals surface area contributed by atoms with E-state index in [0.29, 0.717) is 5.75 Å². The lowest BCUT2D eigenvalue weighted by Gasteiger charge is -2.35. The van der Waals surface area contributed by atoms with E-state index in [-0.39, 0.29) is 5.91 Å². The number of hydrogen-bond acceptors (Lipinski definition) is 7. The van der Waals surface area contributed by atoms with Crippen LogP contribution in [0.2, 0.25) is 0 Å². The van der Waals surface area contributed by atoms with Crippen LogP contribution in [-0.4, -0.2) is 57.7 Å². The lowest BCUT2D eigenvalue weighted by molar-refractivity contribution is -0.128. The highest BCUT2D eigenvalue weighted by molar-refractivity contribution is 8.01. The summed E-state index contributed by atoms with van der Waals surface area (Å²) in [6, 6.07) is 0. The molecule has 0 aromatic carbocycles. The summed E-state index contributed by atoms with van der Waals surface area (Å²) in [6.07, 6.45) is 5.12. The van der Waals surface area contributed by atoms with E-state index in [9.17, 15) is 4.79 Å². The molecule has 2 aromatic heterocycles. The van der Waals surface area contributed by atoms with E-state index < -0.39 is 0 Å². The number of amides is 1. The Morgan fingerprint density at radius 1 is 1.32 bits per heavy atom. The molecule has 22 heavy (non-hydrogen) atoms. The Kier molecular flexibility index (Phi) is 4.89. The number of carbonyl (C=O) groups excluding carboxylic acids is 1. The molecule has 0 aliphatic carbocycles. The van der Waals surface area contributed by atoms with Crippen molar-refractivity contribution in [2.45, 2.75) is 11.3 Å². The molecule has 116 valence electrons. The molecule has 1 saturated heterocycles. The minimum Gasteiger partial charge on any atom is -0.352 e. The Hall–Kier alpha value is -1.67. The number of thioether (sulfide) groups is 1. The van der Waals surface area contributed by atoms with E-state index in [1.807, 2.05) is 17.2 Å². The quantitative estimate of drug-likeness (QED) is 0.792. The van der Waals surface area contributed by atoms with E-state index in [1.54, 1.807) is 29.9 Å². The second kappa shape index (κ2) is 7.06. The smallest absolute Gasteiger partial charge is 0.233 e. The van der Waals surface area contributed by atoms with Gasteiger partial charge in [-0.25, -0.2) is 9.97 Å². The monoisotopic (exact) mass is 335 g/mol. The largest absolute Gasteiger partial charge is 0.352 e. The summed E-state index contributed by atoms with van der Waals surface area (Å²) in [6.45, 7) is 5.02. The first-order valence-corrected chi connectivity index (χ1v) is 8.92. The molecule has 3 heterocycles. The maximum absolute atomic E-state index is 12.3. The summed E-state index contributed by atoms with van der Waals surface area (Å²) >= 11 is 3.11. The first-order valence-electron chi connectivity index (χ1n) is 7.06. The number of hydrogen-bond donors (Lipinski definition) is 0. The molecule has 0 N–H and O–H groups in total. The molecule has 0 unspecified atom stereocenters. The number of carbonyl (C=O) groups is 1. The van der Waals surface area contributed by atoms with Crippen LogP contribution >= 0.6 is 23.1 Å². The molecule has 1 fully saturated rings. The molecule has 0 spiro atoms. The van der Waals surface area contributed by atoms with Gasteiger partial charge in [-0.3, -0.25) is 9.78 Å². The van der Waals surface area contributed by atoms with Crippen LogP contribution in [0.3, 0.4) is 0 Å². The van der Waals surface area contributed by atoms with Gasteiger partial charge in [-0.05, 0) is 6.92 Å². The summed E-state index contributed by atoms with van der Waals surface area (Å²) in [5.74, 6) is 1.51. The van der Waals surface area contributed by atoms with Crippen LogP contribution in [0.4, 0.5) is 5.82 Å². The molecule has 8 heteroatoms. The van der Waals surface area contributed by atoms with Crippen molar-refractivity contribution in [3.63, 3.8) is 0 Å². The third-order valence-corrected chi connectivity index (χ3v) is 5.55. The second-order valence-corrected chi connectivity index (χ2v) is 7.06. The molecule has 0 saturated carbocycles. The fourth-order valence-corrected chi connectivity index (χ4v) is 4.01. The van der Waals surface area contributed by atoms with Crippen molar-refractivity contribution >= 4 is 34.8 Å². The number of piperazine rings is 1. The molecule has 0 atom stereocenters. The summed E-state index contributed by atoms with van der Waals surface area (Å²) < 4.78 is 0.962. The van der Waals surface area contributed by atoms with Crippen LogP contribution in [0.25, 0.3) is 0 Å². The Morgan fingerprint density at radius 3 is 2.77 bits per heavy atom. The zero-order chi connectivity index (χ0) is 15.4. The van der Waals surface area contributed by atoms with Crippen molar-refractivity contribution in [3.8, 4) is 0 Å². The van der Waals surface area contributed by atoms with Crippen LogP contribution in [0, 0.1) is 6.92 Å². The van der Waals surface area contributed by atoms with Crippen LogP contribution in [-0.2, 0) is 4.79 Å². The van der Waals surface area contributed by atoms with Crippen molar-refractivity contribution < 1.29 is 4.79 Å².